The SMILES string of the molecule is O=C(O)c1onc(Cl)c1C1CCCS1. The average molecular weight is 234 g/mol. The van der Waals surface area contributed by atoms with Crippen LogP contribution in [0, 0.1) is 0 Å². The second kappa shape index (κ2) is 3.82. The van der Waals surface area contributed by atoms with Gasteiger partial charge < -0.3 is 9.63 Å². The van der Waals surface area contributed by atoms with Crippen molar-refractivity contribution in [1.29, 1.82) is 0 Å². The quantitative estimate of drug-likeness (QED) is 0.851. The summed E-state index contributed by atoms with van der Waals surface area (Å²) in [6.07, 6.45) is 2.02. The second-order valence-corrected chi connectivity index (χ2v) is 4.69. The van der Waals surface area contributed by atoms with Gasteiger partial charge in [0.05, 0.1) is 5.56 Å². The molecule has 1 aliphatic rings. The molecule has 6 heteroatoms. The fraction of sp³-hybridized carbons (Fsp3) is 0.500. The van der Waals surface area contributed by atoms with E-state index in [4.69, 9.17) is 16.7 Å². The number of carbonyl (C=O) groups is 1. The Morgan fingerprint density at radius 3 is 3.07 bits per heavy atom. The van der Waals surface area contributed by atoms with Gasteiger partial charge in [0, 0.05) is 5.25 Å². The zero-order valence-electron chi connectivity index (χ0n) is 7.20. The first-order valence-electron chi connectivity index (χ1n) is 4.20. The van der Waals surface area contributed by atoms with Gasteiger partial charge in [-0.25, -0.2) is 4.79 Å². The van der Waals surface area contributed by atoms with Crippen molar-refractivity contribution in [2.75, 3.05) is 5.75 Å². The van der Waals surface area contributed by atoms with Crippen molar-refractivity contribution < 1.29 is 14.4 Å². The molecule has 1 saturated heterocycles. The first-order chi connectivity index (χ1) is 6.70. The van der Waals surface area contributed by atoms with Gasteiger partial charge in [-0.3, -0.25) is 0 Å². The van der Waals surface area contributed by atoms with Crippen LogP contribution in [0.5, 0.6) is 0 Å². The van der Waals surface area contributed by atoms with Gasteiger partial charge in [0.15, 0.2) is 5.15 Å². The summed E-state index contributed by atoms with van der Waals surface area (Å²) in [5.74, 6) is -0.188. The van der Waals surface area contributed by atoms with Crippen molar-refractivity contribution in [2.45, 2.75) is 18.1 Å². The van der Waals surface area contributed by atoms with E-state index < -0.39 is 5.97 Å². The van der Waals surface area contributed by atoms with Gasteiger partial charge in [0.25, 0.3) is 0 Å². The van der Waals surface area contributed by atoms with Crippen LogP contribution in [-0.2, 0) is 0 Å². The van der Waals surface area contributed by atoms with E-state index in [0.717, 1.165) is 18.6 Å². The molecular weight excluding hydrogens is 226 g/mol. The second-order valence-electron chi connectivity index (χ2n) is 3.02. The van der Waals surface area contributed by atoms with Crippen LogP contribution in [0.15, 0.2) is 4.52 Å². The van der Waals surface area contributed by atoms with E-state index in [1.165, 1.54) is 0 Å². The standard InChI is InChI=1S/C8H8ClNO3S/c9-7-5(4-2-1-3-14-4)6(8(11)12)13-10-7/h4H,1-3H2,(H,11,12). The number of thioether (sulfide) groups is 1. The van der Waals surface area contributed by atoms with Gasteiger partial charge in [-0.1, -0.05) is 16.8 Å². The van der Waals surface area contributed by atoms with Crippen LogP contribution < -0.4 is 0 Å². The number of hydrogen-bond acceptors (Lipinski definition) is 4. The van der Waals surface area contributed by atoms with Crippen molar-refractivity contribution in [2.24, 2.45) is 0 Å². The van der Waals surface area contributed by atoms with Gasteiger partial charge in [0.1, 0.15) is 0 Å². The number of halogens is 1. The van der Waals surface area contributed by atoms with Crippen LogP contribution in [0.3, 0.4) is 0 Å². The summed E-state index contributed by atoms with van der Waals surface area (Å²) < 4.78 is 4.67. The number of nitrogens with zero attached hydrogens (tertiary/aromatic N) is 1. The van der Waals surface area contributed by atoms with Gasteiger partial charge in [-0.2, -0.15) is 11.8 Å². The lowest BCUT2D eigenvalue weighted by Gasteiger charge is -2.05. The van der Waals surface area contributed by atoms with E-state index in [0.29, 0.717) is 5.56 Å². The fourth-order valence-electron chi connectivity index (χ4n) is 1.52. The predicted octanol–water partition coefficient (Wildman–Crippen LogP) is 2.59. The molecule has 1 aliphatic heterocycles. The van der Waals surface area contributed by atoms with E-state index in [1.807, 2.05) is 0 Å². The third kappa shape index (κ3) is 1.62. The van der Waals surface area contributed by atoms with E-state index in [-0.39, 0.29) is 16.2 Å². The van der Waals surface area contributed by atoms with Crippen LogP contribution in [-0.4, -0.2) is 22.0 Å². The molecule has 1 unspecified atom stereocenters. The molecule has 1 aromatic rings. The number of aromatic nitrogens is 1. The Balaban J connectivity index is 2.38. The molecule has 0 spiro atoms. The highest BCUT2D eigenvalue weighted by Crippen LogP contribution is 2.43. The number of carboxylic acids is 1. The Morgan fingerprint density at radius 2 is 2.50 bits per heavy atom. The van der Waals surface area contributed by atoms with E-state index in [2.05, 4.69) is 9.68 Å². The maximum Gasteiger partial charge on any atom is 0.375 e. The molecule has 14 heavy (non-hydrogen) atoms. The monoisotopic (exact) mass is 233 g/mol. The third-order valence-corrected chi connectivity index (χ3v) is 3.80. The highest BCUT2D eigenvalue weighted by atomic mass is 35.5. The average Bonchev–Trinajstić information content (AvgIpc) is 2.71. The Bertz CT molecular complexity index is 359. The molecule has 0 radical (unpaired) electrons. The molecule has 0 aliphatic carbocycles. The number of carboxylic acid groups (broad SMARTS) is 1. The van der Waals surface area contributed by atoms with E-state index in [9.17, 15) is 4.79 Å². The minimum Gasteiger partial charge on any atom is -0.475 e. The van der Waals surface area contributed by atoms with Gasteiger partial charge in [-0.15, -0.1) is 0 Å². The summed E-state index contributed by atoms with van der Waals surface area (Å²) in [5.41, 5.74) is 0.543. The lowest BCUT2D eigenvalue weighted by atomic mass is 10.1. The number of hydrogen-bond donors (Lipinski definition) is 1. The van der Waals surface area contributed by atoms with Crippen LogP contribution in [0.4, 0.5) is 0 Å². The van der Waals surface area contributed by atoms with Crippen molar-refractivity contribution >= 4 is 29.3 Å². The maximum absolute atomic E-state index is 10.8. The molecule has 1 atom stereocenters. The first kappa shape index (κ1) is 9.86. The van der Waals surface area contributed by atoms with E-state index in [1.54, 1.807) is 11.8 Å². The maximum atomic E-state index is 10.8. The zero-order chi connectivity index (χ0) is 10.1. The summed E-state index contributed by atoms with van der Waals surface area (Å²) in [5, 5.41) is 12.6. The summed E-state index contributed by atoms with van der Waals surface area (Å²) in [4.78, 5) is 10.8. The summed E-state index contributed by atoms with van der Waals surface area (Å²) >= 11 is 7.49. The van der Waals surface area contributed by atoms with Gasteiger partial charge in [0.2, 0.25) is 5.76 Å². The molecule has 0 bridgehead atoms. The molecule has 4 nitrogen and oxygen atoms in total. The molecule has 76 valence electrons. The minimum atomic E-state index is -1.10. The summed E-state index contributed by atoms with van der Waals surface area (Å²) in [6.45, 7) is 0. The lowest BCUT2D eigenvalue weighted by molar-refractivity contribution is 0.0650. The highest BCUT2D eigenvalue weighted by molar-refractivity contribution is 7.99. The fourth-order valence-corrected chi connectivity index (χ4v) is 3.17. The smallest absolute Gasteiger partial charge is 0.375 e. The molecule has 1 aromatic heterocycles. The number of aromatic carboxylic acids is 1. The highest BCUT2D eigenvalue weighted by Gasteiger charge is 2.30. The Labute approximate surface area is 89.6 Å². The molecular formula is C8H8ClNO3S. The van der Waals surface area contributed by atoms with Gasteiger partial charge >= 0.3 is 5.97 Å². The summed E-state index contributed by atoms with van der Waals surface area (Å²) in [6, 6.07) is 0. The Kier molecular flexibility index (Phi) is 2.69. The molecule has 2 heterocycles. The predicted molar refractivity (Wildman–Crippen MR) is 52.9 cm³/mol. The first-order valence-corrected chi connectivity index (χ1v) is 5.63. The Morgan fingerprint density at radius 1 is 1.71 bits per heavy atom. The Hall–Kier alpha value is -0.680. The molecule has 0 amide bonds. The van der Waals surface area contributed by atoms with Crippen molar-refractivity contribution in [3.63, 3.8) is 0 Å². The van der Waals surface area contributed by atoms with Crippen molar-refractivity contribution in [3.8, 4) is 0 Å². The molecule has 0 aromatic carbocycles. The topological polar surface area (TPSA) is 63.3 Å². The number of rotatable bonds is 2. The van der Waals surface area contributed by atoms with Crippen LogP contribution in [0.2, 0.25) is 5.15 Å². The molecule has 0 saturated carbocycles. The normalized spacial score (nSPS) is 21.4. The third-order valence-electron chi connectivity index (χ3n) is 2.13. The summed E-state index contributed by atoms with van der Waals surface area (Å²) in [7, 11) is 0. The van der Waals surface area contributed by atoms with Crippen LogP contribution >= 0.6 is 23.4 Å². The van der Waals surface area contributed by atoms with Crippen LogP contribution in [0.1, 0.15) is 34.2 Å². The van der Waals surface area contributed by atoms with E-state index >= 15 is 0 Å². The molecule has 1 fully saturated rings. The molecule has 1 N–H and O–H groups in total. The van der Waals surface area contributed by atoms with Crippen LogP contribution in [0.25, 0.3) is 0 Å². The van der Waals surface area contributed by atoms with Gasteiger partial charge in [-0.05, 0) is 18.6 Å². The minimum absolute atomic E-state index is 0.116. The molecule has 2 rings (SSSR count). The largest absolute Gasteiger partial charge is 0.475 e. The lowest BCUT2D eigenvalue weighted by Crippen LogP contribution is -2.00. The van der Waals surface area contributed by atoms with Crippen molar-refractivity contribution in [3.05, 3.63) is 16.5 Å². The van der Waals surface area contributed by atoms with Crippen molar-refractivity contribution in [1.82, 2.24) is 5.16 Å². The zero-order valence-corrected chi connectivity index (χ0v) is 8.77.